The van der Waals surface area contributed by atoms with Gasteiger partial charge in [-0.3, -0.25) is 9.78 Å². The minimum absolute atomic E-state index is 0.0231. The molecule has 0 saturated carbocycles. The third-order valence-electron chi connectivity index (χ3n) is 1.92. The van der Waals surface area contributed by atoms with Gasteiger partial charge >= 0.3 is 0 Å². The molecule has 0 radical (unpaired) electrons. The van der Waals surface area contributed by atoms with E-state index in [1.807, 2.05) is 18.2 Å². The molecule has 1 aromatic heterocycles. The Kier molecular flexibility index (Phi) is 2.04. The van der Waals surface area contributed by atoms with Crippen LogP contribution >= 0.6 is 0 Å². The number of hydrogen-bond donors (Lipinski definition) is 1. The molecule has 1 atom stereocenters. The van der Waals surface area contributed by atoms with E-state index in [4.69, 9.17) is 0 Å². The van der Waals surface area contributed by atoms with E-state index in [0.717, 1.165) is 5.69 Å². The smallest absolute Gasteiger partial charge is 0.241 e. The van der Waals surface area contributed by atoms with Gasteiger partial charge in [-0.15, -0.1) is 0 Å². The number of rotatable bonds is 1. The molecule has 1 N–H and O–H groups in total. The first kappa shape index (κ1) is 7.91. The second-order valence-corrected chi connectivity index (χ2v) is 2.88. The molecule has 1 aliphatic heterocycles. The van der Waals surface area contributed by atoms with Crippen LogP contribution in [0.4, 0.5) is 0 Å². The lowest BCUT2D eigenvalue weighted by Crippen LogP contribution is -2.26. The van der Waals surface area contributed by atoms with Crippen molar-refractivity contribution in [3.63, 3.8) is 0 Å². The standard InChI is InChI=1S/C9H9N3O/c13-9-5-7(6-11-12-9)8-3-1-2-4-10-8/h1-4,6-7H,5H2,(H,12,13). The zero-order valence-electron chi connectivity index (χ0n) is 6.97. The molecule has 66 valence electrons. The van der Waals surface area contributed by atoms with Crippen molar-refractivity contribution in [2.75, 3.05) is 0 Å². The van der Waals surface area contributed by atoms with Crippen molar-refractivity contribution in [1.29, 1.82) is 0 Å². The maximum atomic E-state index is 11.0. The summed E-state index contributed by atoms with van der Waals surface area (Å²) in [7, 11) is 0. The highest BCUT2D eigenvalue weighted by Crippen LogP contribution is 2.16. The minimum Gasteiger partial charge on any atom is -0.273 e. The summed E-state index contributed by atoms with van der Waals surface area (Å²) in [5.74, 6) is -0.0342. The number of nitrogens with zero attached hydrogens (tertiary/aromatic N) is 2. The Hall–Kier alpha value is -1.71. The zero-order chi connectivity index (χ0) is 9.10. The summed E-state index contributed by atoms with van der Waals surface area (Å²) in [6, 6.07) is 5.65. The largest absolute Gasteiger partial charge is 0.273 e. The van der Waals surface area contributed by atoms with Gasteiger partial charge in [0.2, 0.25) is 5.91 Å². The fourth-order valence-electron chi connectivity index (χ4n) is 1.27. The molecule has 13 heavy (non-hydrogen) atoms. The van der Waals surface area contributed by atoms with Crippen LogP contribution in [0.5, 0.6) is 0 Å². The molecule has 4 heteroatoms. The summed E-state index contributed by atoms with van der Waals surface area (Å²) < 4.78 is 0. The number of pyridine rings is 1. The van der Waals surface area contributed by atoms with E-state index in [0.29, 0.717) is 6.42 Å². The molecule has 0 fully saturated rings. The zero-order valence-corrected chi connectivity index (χ0v) is 6.97. The number of aromatic nitrogens is 1. The van der Waals surface area contributed by atoms with Crippen LogP contribution in [0, 0.1) is 0 Å². The highest BCUT2D eigenvalue weighted by Gasteiger charge is 2.17. The molecule has 0 saturated heterocycles. The van der Waals surface area contributed by atoms with Crippen molar-refractivity contribution < 1.29 is 4.79 Å². The molecule has 1 amide bonds. The van der Waals surface area contributed by atoms with Crippen molar-refractivity contribution in [3.05, 3.63) is 30.1 Å². The molecule has 0 aliphatic carbocycles. The van der Waals surface area contributed by atoms with Gasteiger partial charge in [-0.1, -0.05) is 6.07 Å². The van der Waals surface area contributed by atoms with Gasteiger partial charge in [-0.25, -0.2) is 5.43 Å². The second kappa shape index (κ2) is 3.35. The van der Waals surface area contributed by atoms with Crippen LogP contribution in [0.15, 0.2) is 29.5 Å². The number of amides is 1. The van der Waals surface area contributed by atoms with E-state index in [2.05, 4.69) is 15.5 Å². The van der Waals surface area contributed by atoms with E-state index in [1.54, 1.807) is 12.4 Å². The van der Waals surface area contributed by atoms with Gasteiger partial charge in [0, 0.05) is 30.4 Å². The first-order chi connectivity index (χ1) is 6.36. The Labute approximate surface area is 75.7 Å². The van der Waals surface area contributed by atoms with Crippen LogP contribution in [0.2, 0.25) is 0 Å². The summed E-state index contributed by atoms with van der Waals surface area (Å²) in [5.41, 5.74) is 3.27. The number of hydrazone groups is 1. The Morgan fingerprint density at radius 2 is 2.38 bits per heavy atom. The van der Waals surface area contributed by atoms with Crippen molar-refractivity contribution in [2.45, 2.75) is 12.3 Å². The Morgan fingerprint density at radius 3 is 3.08 bits per heavy atom. The molecule has 0 bridgehead atoms. The molecular formula is C9H9N3O. The Bertz CT molecular complexity index is 334. The lowest BCUT2D eigenvalue weighted by molar-refractivity contribution is -0.121. The first-order valence-corrected chi connectivity index (χ1v) is 4.09. The predicted octanol–water partition coefficient (Wildman–Crippen LogP) is 0.671. The van der Waals surface area contributed by atoms with Gasteiger partial charge in [0.15, 0.2) is 0 Å². The van der Waals surface area contributed by atoms with E-state index >= 15 is 0 Å². The topological polar surface area (TPSA) is 54.4 Å². The maximum Gasteiger partial charge on any atom is 0.241 e. The van der Waals surface area contributed by atoms with Crippen LogP contribution in [-0.2, 0) is 4.79 Å². The highest BCUT2D eigenvalue weighted by atomic mass is 16.2. The summed E-state index contributed by atoms with van der Waals surface area (Å²) >= 11 is 0. The first-order valence-electron chi connectivity index (χ1n) is 4.09. The molecule has 2 heterocycles. The van der Waals surface area contributed by atoms with E-state index in [-0.39, 0.29) is 11.8 Å². The molecule has 1 unspecified atom stereocenters. The van der Waals surface area contributed by atoms with Crippen LogP contribution in [0.1, 0.15) is 18.0 Å². The second-order valence-electron chi connectivity index (χ2n) is 2.88. The SMILES string of the molecule is O=C1CC(c2ccccn2)C=NN1. The molecule has 4 nitrogen and oxygen atoms in total. The Morgan fingerprint density at radius 1 is 1.46 bits per heavy atom. The van der Waals surface area contributed by atoms with Crippen molar-refractivity contribution in [2.24, 2.45) is 5.10 Å². The molecule has 0 spiro atoms. The monoisotopic (exact) mass is 175 g/mol. The average Bonchev–Trinajstić information content (AvgIpc) is 2.19. The molecule has 1 aliphatic rings. The third-order valence-corrected chi connectivity index (χ3v) is 1.92. The van der Waals surface area contributed by atoms with Gasteiger partial charge in [0.25, 0.3) is 0 Å². The van der Waals surface area contributed by atoms with Crippen molar-refractivity contribution in [3.8, 4) is 0 Å². The lowest BCUT2D eigenvalue weighted by Gasteiger charge is -2.13. The van der Waals surface area contributed by atoms with Gasteiger partial charge in [0.1, 0.15) is 0 Å². The van der Waals surface area contributed by atoms with Gasteiger partial charge in [0.05, 0.1) is 0 Å². The maximum absolute atomic E-state index is 11.0. The fraction of sp³-hybridized carbons (Fsp3) is 0.222. The van der Waals surface area contributed by atoms with Gasteiger partial charge in [-0.05, 0) is 12.1 Å². The van der Waals surface area contributed by atoms with E-state index < -0.39 is 0 Å². The molecule has 0 aromatic carbocycles. The third kappa shape index (κ3) is 1.72. The minimum atomic E-state index is -0.0573. The number of hydrogen-bond acceptors (Lipinski definition) is 3. The van der Waals surface area contributed by atoms with Crippen molar-refractivity contribution in [1.82, 2.24) is 10.4 Å². The Balaban J connectivity index is 2.22. The molecule has 1 aromatic rings. The van der Waals surface area contributed by atoms with Crippen LogP contribution in [-0.4, -0.2) is 17.1 Å². The molecular weight excluding hydrogens is 166 g/mol. The fourth-order valence-corrected chi connectivity index (χ4v) is 1.27. The predicted molar refractivity (Wildman–Crippen MR) is 48.2 cm³/mol. The van der Waals surface area contributed by atoms with Crippen molar-refractivity contribution >= 4 is 12.1 Å². The summed E-state index contributed by atoms with van der Waals surface area (Å²) in [6.45, 7) is 0. The number of carbonyl (C=O) groups excluding carboxylic acids is 1. The summed E-state index contributed by atoms with van der Waals surface area (Å²) in [4.78, 5) is 15.2. The van der Waals surface area contributed by atoms with Gasteiger partial charge < -0.3 is 0 Å². The van der Waals surface area contributed by atoms with Gasteiger partial charge in [-0.2, -0.15) is 5.10 Å². The average molecular weight is 175 g/mol. The van der Waals surface area contributed by atoms with Crippen LogP contribution < -0.4 is 5.43 Å². The van der Waals surface area contributed by atoms with E-state index in [1.165, 1.54) is 0 Å². The normalized spacial score (nSPS) is 21.2. The van der Waals surface area contributed by atoms with Crippen LogP contribution in [0.3, 0.4) is 0 Å². The number of carbonyl (C=O) groups is 1. The molecule has 2 rings (SSSR count). The summed E-state index contributed by atoms with van der Waals surface area (Å²) in [5, 5.41) is 3.75. The number of nitrogens with one attached hydrogen (secondary N) is 1. The van der Waals surface area contributed by atoms with Crippen LogP contribution in [0.25, 0.3) is 0 Å². The highest BCUT2D eigenvalue weighted by molar-refractivity contribution is 5.85. The quantitative estimate of drug-likeness (QED) is 0.682. The lowest BCUT2D eigenvalue weighted by atomic mass is 10.0. The summed E-state index contributed by atoms with van der Waals surface area (Å²) in [6.07, 6.45) is 3.86. The van der Waals surface area contributed by atoms with E-state index in [9.17, 15) is 4.79 Å².